The number of nitrogens with one attached hydrogen (secondary N) is 1. The lowest BCUT2D eigenvalue weighted by Crippen LogP contribution is -2.35. The molecule has 1 heterocycles. The number of ether oxygens (including phenoxy) is 1. The van der Waals surface area contributed by atoms with Crippen LogP contribution in [0.2, 0.25) is 0 Å². The molecule has 0 unspecified atom stereocenters. The summed E-state index contributed by atoms with van der Waals surface area (Å²) in [6, 6.07) is 6.36. The Labute approximate surface area is 127 Å². The second kappa shape index (κ2) is 7.59. The van der Waals surface area contributed by atoms with Crippen LogP contribution in [0.1, 0.15) is 39.0 Å². The van der Waals surface area contributed by atoms with E-state index in [1.54, 1.807) is 18.2 Å². The van der Waals surface area contributed by atoms with Crippen LogP contribution in [-0.2, 0) is 4.74 Å². The number of fused-ring (bicyclic) bond motifs is 1. The summed E-state index contributed by atoms with van der Waals surface area (Å²) in [6.45, 7) is 2.37. The van der Waals surface area contributed by atoms with Crippen LogP contribution in [0, 0.1) is 0 Å². The third-order valence-corrected chi connectivity index (χ3v) is 3.47. The van der Waals surface area contributed by atoms with E-state index in [4.69, 9.17) is 4.74 Å². The number of carbonyl (C=O) groups excluding carboxylic acids is 1. The Hall–Kier alpha value is -2.37. The number of H-pyrrole nitrogens is 1. The van der Waals surface area contributed by atoms with Crippen LogP contribution in [-0.4, -0.2) is 22.5 Å². The van der Waals surface area contributed by atoms with Gasteiger partial charge in [0.1, 0.15) is 0 Å². The maximum Gasteiger partial charge on any atom is 0.436 e. The third-order valence-electron chi connectivity index (χ3n) is 3.47. The SMILES string of the molecule is CCCCCCCOC(=O)n1[nH]c(=O)c2ccccc2c1=O. The van der Waals surface area contributed by atoms with E-state index in [0.717, 1.165) is 32.1 Å². The van der Waals surface area contributed by atoms with Gasteiger partial charge in [-0.1, -0.05) is 44.7 Å². The van der Waals surface area contributed by atoms with Crippen molar-refractivity contribution in [3.63, 3.8) is 0 Å². The fourth-order valence-electron chi connectivity index (χ4n) is 2.26. The highest BCUT2D eigenvalue weighted by Crippen LogP contribution is 2.04. The molecule has 0 aliphatic heterocycles. The van der Waals surface area contributed by atoms with Crippen molar-refractivity contribution in [3.8, 4) is 0 Å². The molecular weight excluding hydrogens is 284 g/mol. The van der Waals surface area contributed by atoms with Gasteiger partial charge in [0.2, 0.25) is 0 Å². The van der Waals surface area contributed by atoms with Crippen molar-refractivity contribution in [1.29, 1.82) is 0 Å². The average Bonchev–Trinajstić information content (AvgIpc) is 2.54. The molecule has 0 spiro atoms. The quantitative estimate of drug-likeness (QED) is 0.832. The molecule has 0 saturated carbocycles. The number of nitrogens with zero attached hydrogens (tertiary/aromatic N) is 1. The highest BCUT2D eigenvalue weighted by molar-refractivity contribution is 5.82. The summed E-state index contributed by atoms with van der Waals surface area (Å²) in [5.74, 6) is 0. The normalized spacial score (nSPS) is 10.8. The molecule has 2 aromatic rings. The van der Waals surface area contributed by atoms with E-state index < -0.39 is 17.2 Å². The lowest BCUT2D eigenvalue weighted by atomic mass is 10.2. The smallest absolute Gasteiger partial charge is 0.436 e. The van der Waals surface area contributed by atoms with Gasteiger partial charge in [0.15, 0.2) is 0 Å². The monoisotopic (exact) mass is 304 g/mol. The summed E-state index contributed by atoms with van der Waals surface area (Å²) >= 11 is 0. The molecule has 0 aliphatic rings. The van der Waals surface area contributed by atoms with Crippen molar-refractivity contribution in [2.24, 2.45) is 0 Å². The fourth-order valence-corrected chi connectivity index (χ4v) is 2.26. The maximum atomic E-state index is 12.2. The summed E-state index contributed by atoms with van der Waals surface area (Å²) < 4.78 is 5.68. The predicted octanol–water partition coefficient (Wildman–Crippen LogP) is 2.64. The summed E-state index contributed by atoms with van der Waals surface area (Å²) in [5.41, 5.74) is -1.07. The lowest BCUT2D eigenvalue weighted by Gasteiger charge is -2.07. The van der Waals surface area contributed by atoms with Gasteiger partial charge in [0.25, 0.3) is 11.1 Å². The molecule has 2 rings (SSSR count). The second-order valence-electron chi connectivity index (χ2n) is 5.16. The summed E-state index contributed by atoms with van der Waals surface area (Å²) in [6.07, 6.45) is 4.28. The van der Waals surface area contributed by atoms with E-state index >= 15 is 0 Å². The van der Waals surface area contributed by atoms with Gasteiger partial charge in [-0.2, -0.15) is 0 Å². The Morgan fingerprint density at radius 3 is 2.50 bits per heavy atom. The van der Waals surface area contributed by atoms with Gasteiger partial charge < -0.3 is 4.74 Å². The van der Waals surface area contributed by atoms with Crippen molar-refractivity contribution in [3.05, 3.63) is 45.0 Å². The van der Waals surface area contributed by atoms with Crippen molar-refractivity contribution in [2.45, 2.75) is 39.0 Å². The van der Waals surface area contributed by atoms with Crippen LogP contribution >= 0.6 is 0 Å². The van der Waals surface area contributed by atoms with Crippen molar-refractivity contribution >= 4 is 16.9 Å². The van der Waals surface area contributed by atoms with E-state index in [1.807, 2.05) is 0 Å². The number of benzene rings is 1. The molecule has 0 aliphatic carbocycles. The van der Waals surface area contributed by atoms with E-state index in [2.05, 4.69) is 12.0 Å². The zero-order chi connectivity index (χ0) is 15.9. The number of aromatic amines is 1. The van der Waals surface area contributed by atoms with Gasteiger partial charge in [-0.05, 0) is 18.6 Å². The third kappa shape index (κ3) is 3.63. The Morgan fingerprint density at radius 2 is 1.77 bits per heavy atom. The van der Waals surface area contributed by atoms with Crippen LogP contribution in [0.5, 0.6) is 0 Å². The highest BCUT2D eigenvalue weighted by Gasteiger charge is 2.13. The van der Waals surface area contributed by atoms with E-state index in [1.165, 1.54) is 6.07 Å². The molecule has 0 bridgehead atoms. The number of hydrogen-bond donors (Lipinski definition) is 1. The molecule has 0 fully saturated rings. The fraction of sp³-hybridized carbons (Fsp3) is 0.438. The molecule has 118 valence electrons. The summed E-state index contributed by atoms with van der Waals surface area (Å²) in [5, 5.41) is 2.71. The van der Waals surface area contributed by atoms with Gasteiger partial charge in [0.05, 0.1) is 17.4 Å². The predicted molar refractivity (Wildman–Crippen MR) is 84.3 cm³/mol. The largest absolute Gasteiger partial charge is 0.448 e. The van der Waals surface area contributed by atoms with Gasteiger partial charge in [-0.15, -0.1) is 4.68 Å². The molecule has 22 heavy (non-hydrogen) atoms. The van der Waals surface area contributed by atoms with Crippen molar-refractivity contribution < 1.29 is 9.53 Å². The van der Waals surface area contributed by atoms with Crippen molar-refractivity contribution in [1.82, 2.24) is 9.78 Å². The Morgan fingerprint density at radius 1 is 1.09 bits per heavy atom. The Balaban J connectivity index is 2.07. The number of carbonyl (C=O) groups is 1. The zero-order valence-electron chi connectivity index (χ0n) is 12.6. The van der Waals surface area contributed by atoms with E-state index in [0.29, 0.717) is 4.68 Å². The minimum atomic E-state index is -0.844. The van der Waals surface area contributed by atoms with Crippen LogP contribution in [0.3, 0.4) is 0 Å². The number of aromatic nitrogens is 2. The number of hydrogen-bond acceptors (Lipinski definition) is 4. The van der Waals surface area contributed by atoms with E-state index in [-0.39, 0.29) is 17.4 Å². The molecule has 6 heteroatoms. The van der Waals surface area contributed by atoms with Crippen LogP contribution < -0.4 is 11.1 Å². The molecule has 6 nitrogen and oxygen atoms in total. The van der Waals surface area contributed by atoms with E-state index in [9.17, 15) is 14.4 Å². The molecule has 1 aromatic carbocycles. The highest BCUT2D eigenvalue weighted by atomic mass is 16.6. The molecule has 1 N–H and O–H groups in total. The first-order valence-electron chi connectivity index (χ1n) is 7.56. The Bertz CT molecular complexity index is 761. The minimum Gasteiger partial charge on any atom is -0.448 e. The average molecular weight is 304 g/mol. The first-order chi connectivity index (χ1) is 10.6. The molecule has 0 atom stereocenters. The first kappa shape index (κ1) is 16.0. The van der Waals surface area contributed by atoms with Gasteiger partial charge in [-0.3, -0.25) is 14.7 Å². The molecule has 0 amide bonds. The standard InChI is InChI=1S/C16H20N2O4/c1-2-3-4-5-8-11-22-16(21)18-15(20)13-10-7-6-9-12(13)14(19)17-18/h6-7,9-10H,2-5,8,11H2,1H3,(H,17,19). The van der Waals surface area contributed by atoms with Crippen LogP contribution in [0.4, 0.5) is 4.79 Å². The van der Waals surface area contributed by atoms with Gasteiger partial charge in [0, 0.05) is 0 Å². The topological polar surface area (TPSA) is 81.2 Å². The van der Waals surface area contributed by atoms with Gasteiger partial charge in [-0.25, -0.2) is 4.79 Å². The number of rotatable bonds is 6. The molecular formula is C16H20N2O4. The molecule has 0 saturated heterocycles. The molecule has 0 radical (unpaired) electrons. The van der Waals surface area contributed by atoms with Gasteiger partial charge >= 0.3 is 6.09 Å². The van der Waals surface area contributed by atoms with Crippen LogP contribution in [0.15, 0.2) is 33.9 Å². The summed E-state index contributed by atoms with van der Waals surface area (Å²) in [7, 11) is 0. The first-order valence-corrected chi connectivity index (χ1v) is 7.56. The Kier molecular flexibility index (Phi) is 5.52. The summed E-state index contributed by atoms with van der Waals surface area (Å²) in [4.78, 5) is 36.0. The minimum absolute atomic E-state index is 0.200. The van der Waals surface area contributed by atoms with Crippen molar-refractivity contribution in [2.75, 3.05) is 6.61 Å². The second-order valence-corrected chi connectivity index (χ2v) is 5.16. The molecule has 1 aromatic heterocycles. The maximum absolute atomic E-state index is 12.2. The zero-order valence-corrected chi connectivity index (χ0v) is 12.6. The van der Waals surface area contributed by atoms with Crippen LogP contribution in [0.25, 0.3) is 10.8 Å². The number of unbranched alkanes of at least 4 members (excludes halogenated alkanes) is 4. The lowest BCUT2D eigenvalue weighted by molar-refractivity contribution is 0.140.